The molecule has 0 amide bonds. The van der Waals surface area contributed by atoms with E-state index in [4.69, 9.17) is 0 Å². The number of aromatic nitrogens is 1. The lowest BCUT2D eigenvalue weighted by Gasteiger charge is -2.13. The smallest absolute Gasteiger partial charge is 0.240 e. The summed E-state index contributed by atoms with van der Waals surface area (Å²) in [6.45, 7) is 5.65. The Labute approximate surface area is 138 Å². The fraction of sp³-hybridized carbons (Fsp3) is 0.176. The monoisotopic (exact) mass is 377 g/mol. The highest BCUT2D eigenvalue weighted by molar-refractivity contribution is 9.10. The van der Waals surface area contributed by atoms with Crippen molar-refractivity contribution in [2.75, 3.05) is 0 Å². The van der Waals surface area contributed by atoms with Gasteiger partial charge in [0.05, 0.1) is 10.4 Å². The summed E-state index contributed by atoms with van der Waals surface area (Å²) in [4.78, 5) is 0.381. The molecule has 2 aromatic carbocycles. The van der Waals surface area contributed by atoms with Crippen molar-refractivity contribution in [3.63, 3.8) is 0 Å². The molecular formula is C17H16BrNO2S. The van der Waals surface area contributed by atoms with Crippen LogP contribution in [0.4, 0.5) is 0 Å². The van der Waals surface area contributed by atoms with Gasteiger partial charge in [-0.15, -0.1) is 0 Å². The summed E-state index contributed by atoms with van der Waals surface area (Å²) in [6, 6.07) is 11.3. The lowest BCUT2D eigenvalue weighted by atomic mass is 10.1. The van der Waals surface area contributed by atoms with Gasteiger partial charge < -0.3 is 0 Å². The van der Waals surface area contributed by atoms with Crippen LogP contribution in [0.3, 0.4) is 0 Å². The van der Waals surface area contributed by atoms with Gasteiger partial charge in [-0.25, -0.2) is 12.4 Å². The van der Waals surface area contributed by atoms with E-state index in [-0.39, 0.29) is 0 Å². The first kappa shape index (κ1) is 15.3. The fourth-order valence-electron chi connectivity index (χ4n) is 2.98. The molecule has 22 heavy (non-hydrogen) atoms. The topological polar surface area (TPSA) is 39.1 Å². The average Bonchev–Trinajstić information content (AvgIpc) is 2.76. The summed E-state index contributed by atoms with van der Waals surface area (Å²) in [5, 5.41) is 0.883. The van der Waals surface area contributed by atoms with Crippen molar-refractivity contribution in [3.8, 4) is 0 Å². The summed E-state index contributed by atoms with van der Waals surface area (Å²) in [6.07, 6.45) is 1.62. The van der Waals surface area contributed by atoms with Gasteiger partial charge in [0, 0.05) is 16.1 Å². The lowest BCUT2D eigenvalue weighted by Crippen LogP contribution is -2.15. The molecule has 0 aliphatic carbocycles. The van der Waals surface area contributed by atoms with Crippen LogP contribution in [0.2, 0.25) is 0 Å². The minimum atomic E-state index is -3.64. The predicted molar refractivity (Wildman–Crippen MR) is 92.9 cm³/mol. The molecule has 0 unspecified atom stereocenters. The van der Waals surface area contributed by atoms with Crippen LogP contribution in [0.5, 0.6) is 0 Å². The molecule has 0 aliphatic rings. The second-order valence-electron chi connectivity index (χ2n) is 5.52. The summed E-state index contributed by atoms with van der Waals surface area (Å²) < 4.78 is 28.4. The highest BCUT2D eigenvalue weighted by atomic mass is 79.9. The van der Waals surface area contributed by atoms with Crippen molar-refractivity contribution in [1.82, 2.24) is 3.97 Å². The Morgan fingerprint density at radius 3 is 2.23 bits per heavy atom. The molecular weight excluding hydrogens is 362 g/mol. The molecule has 0 saturated carbocycles. The maximum Gasteiger partial charge on any atom is 0.268 e. The highest BCUT2D eigenvalue weighted by Crippen LogP contribution is 2.31. The van der Waals surface area contributed by atoms with Crippen molar-refractivity contribution in [1.29, 1.82) is 0 Å². The lowest BCUT2D eigenvalue weighted by molar-refractivity contribution is 0.587. The van der Waals surface area contributed by atoms with E-state index in [1.54, 1.807) is 6.20 Å². The Morgan fingerprint density at radius 2 is 1.59 bits per heavy atom. The van der Waals surface area contributed by atoms with E-state index in [0.29, 0.717) is 10.4 Å². The second-order valence-corrected chi connectivity index (χ2v) is 8.13. The van der Waals surface area contributed by atoms with Gasteiger partial charge in [-0.05, 0) is 53.9 Å². The Bertz CT molecular complexity index is 964. The van der Waals surface area contributed by atoms with E-state index in [2.05, 4.69) is 15.9 Å². The van der Waals surface area contributed by atoms with Crippen LogP contribution in [0.25, 0.3) is 10.9 Å². The summed E-state index contributed by atoms with van der Waals surface area (Å²) in [7, 11) is -3.64. The van der Waals surface area contributed by atoms with Crippen molar-refractivity contribution in [3.05, 3.63) is 63.8 Å². The number of aryl methyl sites for hydroxylation is 3. The Hall–Kier alpha value is -1.59. The van der Waals surface area contributed by atoms with Crippen LogP contribution >= 0.6 is 15.9 Å². The third-order valence-corrected chi connectivity index (χ3v) is 6.36. The van der Waals surface area contributed by atoms with Gasteiger partial charge in [-0.1, -0.05) is 35.9 Å². The number of hydrogen-bond donors (Lipinski definition) is 0. The largest absolute Gasteiger partial charge is 0.268 e. The average molecular weight is 378 g/mol. The van der Waals surface area contributed by atoms with Crippen LogP contribution in [0, 0.1) is 20.8 Å². The molecule has 0 atom stereocenters. The molecule has 0 bridgehead atoms. The first-order valence-corrected chi connectivity index (χ1v) is 9.14. The Morgan fingerprint density at radius 1 is 1.00 bits per heavy atom. The van der Waals surface area contributed by atoms with Crippen LogP contribution in [0.15, 0.2) is 52.0 Å². The zero-order valence-corrected chi connectivity index (χ0v) is 15.0. The van der Waals surface area contributed by atoms with Gasteiger partial charge in [0.2, 0.25) is 0 Å². The number of hydrogen-bond acceptors (Lipinski definition) is 2. The molecule has 0 aliphatic heterocycles. The standard InChI is InChI=1S/C17H16BrNO2S/c1-11-8-12(2)17(13(3)9-11)22(20,21)19-10-15(18)14-6-4-5-7-16(14)19/h4-10H,1-3H3. The van der Waals surface area contributed by atoms with E-state index in [1.165, 1.54) is 3.97 Å². The zero-order valence-electron chi connectivity index (χ0n) is 12.6. The molecule has 0 fully saturated rings. The van der Waals surface area contributed by atoms with E-state index < -0.39 is 10.0 Å². The van der Waals surface area contributed by atoms with Gasteiger partial charge in [0.25, 0.3) is 10.0 Å². The first-order valence-electron chi connectivity index (χ1n) is 6.91. The normalized spacial score (nSPS) is 12.0. The third-order valence-electron chi connectivity index (χ3n) is 3.75. The van der Waals surface area contributed by atoms with E-state index >= 15 is 0 Å². The fourth-order valence-corrected chi connectivity index (χ4v) is 5.45. The molecule has 1 heterocycles. The van der Waals surface area contributed by atoms with Crippen LogP contribution in [-0.4, -0.2) is 12.4 Å². The second kappa shape index (κ2) is 5.25. The third kappa shape index (κ3) is 2.29. The van der Waals surface area contributed by atoms with Crippen molar-refractivity contribution in [2.24, 2.45) is 0 Å². The molecule has 3 rings (SSSR count). The number of benzene rings is 2. The van der Waals surface area contributed by atoms with Gasteiger partial charge in [0.1, 0.15) is 0 Å². The molecule has 0 spiro atoms. The minimum absolute atomic E-state index is 0.381. The molecule has 0 saturated heterocycles. The number of halogens is 1. The molecule has 1 aromatic heterocycles. The van der Waals surface area contributed by atoms with Crippen molar-refractivity contribution < 1.29 is 8.42 Å². The predicted octanol–water partition coefficient (Wildman–Crippen LogP) is 4.57. The molecule has 0 N–H and O–H groups in total. The van der Waals surface area contributed by atoms with Gasteiger partial charge in [-0.3, -0.25) is 0 Å². The molecule has 0 radical (unpaired) electrons. The molecule has 114 valence electrons. The maximum atomic E-state index is 13.2. The van der Waals surface area contributed by atoms with Gasteiger partial charge in [0.15, 0.2) is 0 Å². The van der Waals surface area contributed by atoms with E-state index in [1.807, 2.05) is 57.2 Å². The zero-order chi connectivity index (χ0) is 16.1. The van der Waals surface area contributed by atoms with Gasteiger partial charge in [-0.2, -0.15) is 0 Å². The Kier molecular flexibility index (Phi) is 3.65. The highest BCUT2D eigenvalue weighted by Gasteiger charge is 2.24. The maximum absolute atomic E-state index is 13.2. The van der Waals surface area contributed by atoms with Crippen LogP contribution in [-0.2, 0) is 10.0 Å². The molecule has 3 aromatic rings. The summed E-state index contributed by atoms with van der Waals surface area (Å²) >= 11 is 3.45. The number of nitrogens with zero attached hydrogens (tertiary/aromatic N) is 1. The van der Waals surface area contributed by atoms with Crippen LogP contribution in [0.1, 0.15) is 16.7 Å². The summed E-state index contributed by atoms with van der Waals surface area (Å²) in [5.74, 6) is 0. The minimum Gasteiger partial charge on any atom is -0.240 e. The quantitative estimate of drug-likeness (QED) is 0.656. The first-order chi connectivity index (χ1) is 10.3. The van der Waals surface area contributed by atoms with E-state index in [9.17, 15) is 8.42 Å². The number of fused-ring (bicyclic) bond motifs is 1. The molecule has 5 heteroatoms. The van der Waals surface area contributed by atoms with Crippen molar-refractivity contribution >= 4 is 36.9 Å². The molecule has 3 nitrogen and oxygen atoms in total. The Balaban J connectivity index is 2.35. The van der Waals surface area contributed by atoms with E-state index in [0.717, 1.165) is 26.5 Å². The number of rotatable bonds is 2. The SMILES string of the molecule is Cc1cc(C)c(S(=O)(=O)n2cc(Br)c3ccccc32)c(C)c1. The van der Waals surface area contributed by atoms with Crippen molar-refractivity contribution in [2.45, 2.75) is 25.7 Å². The van der Waals surface area contributed by atoms with Gasteiger partial charge >= 0.3 is 0 Å². The number of para-hydroxylation sites is 1. The summed E-state index contributed by atoms with van der Waals surface area (Å²) in [5.41, 5.74) is 3.28. The van der Waals surface area contributed by atoms with Crippen LogP contribution < -0.4 is 0 Å².